The Morgan fingerprint density at radius 2 is 0.793 bits per heavy atom. The zero-order valence-corrected chi connectivity index (χ0v) is 31.7. The van der Waals surface area contributed by atoms with Crippen LogP contribution >= 0.6 is 0 Å². The highest BCUT2D eigenvalue weighted by molar-refractivity contribution is 6.10. The summed E-state index contributed by atoms with van der Waals surface area (Å²) in [5, 5.41) is 7.22. The predicted molar refractivity (Wildman–Crippen MR) is 245 cm³/mol. The average Bonchev–Trinajstić information content (AvgIpc) is 3.68. The number of benzene rings is 10. The van der Waals surface area contributed by atoms with E-state index in [1.54, 1.807) is 0 Å². The minimum Gasteiger partial charge on any atom is -0.455 e. The van der Waals surface area contributed by atoms with E-state index in [0.29, 0.717) is 0 Å². The number of hydrogen-bond donors (Lipinski definition) is 0. The number of furan rings is 1. The van der Waals surface area contributed by atoms with Crippen LogP contribution in [0.1, 0.15) is 0 Å². The van der Waals surface area contributed by atoms with Gasteiger partial charge in [0.25, 0.3) is 0 Å². The van der Waals surface area contributed by atoms with Crippen LogP contribution in [-0.2, 0) is 0 Å². The van der Waals surface area contributed by atoms with Gasteiger partial charge in [-0.15, -0.1) is 0 Å². The summed E-state index contributed by atoms with van der Waals surface area (Å²) >= 11 is 0. The third kappa shape index (κ3) is 6.00. The van der Waals surface area contributed by atoms with E-state index in [-0.39, 0.29) is 0 Å². The fraction of sp³-hybridized carbons (Fsp3) is 0. The summed E-state index contributed by atoms with van der Waals surface area (Å²) in [6, 6.07) is 80.5. The van der Waals surface area contributed by atoms with Crippen molar-refractivity contribution < 1.29 is 4.42 Å². The van der Waals surface area contributed by atoms with Gasteiger partial charge in [-0.25, -0.2) is 0 Å². The van der Waals surface area contributed by atoms with Crippen molar-refractivity contribution in [3.05, 3.63) is 224 Å². The third-order valence-corrected chi connectivity index (χ3v) is 11.5. The molecule has 1 heterocycles. The lowest BCUT2D eigenvalue weighted by Crippen LogP contribution is -2.09. The summed E-state index contributed by atoms with van der Waals surface area (Å²) in [5.41, 5.74) is 14.3. The number of anilines is 3. The van der Waals surface area contributed by atoms with Gasteiger partial charge in [-0.3, -0.25) is 0 Å². The molecular formula is C56H37NO. The number of para-hydroxylation sites is 1. The van der Waals surface area contributed by atoms with Crippen LogP contribution in [0.2, 0.25) is 0 Å². The Labute approximate surface area is 337 Å². The monoisotopic (exact) mass is 739 g/mol. The van der Waals surface area contributed by atoms with E-state index in [1.807, 2.05) is 6.07 Å². The van der Waals surface area contributed by atoms with E-state index in [2.05, 4.69) is 223 Å². The summed E-state index contributed by atoms with van der Waals surface area (Å²) < 4.78 is 6.73. The van der Waals surface area contributed by atoms with Gasteiger partial charge in [0, 0.05) is 39.5 Å². The van der Waals surface area contributed by atoms with Gasteiger partial charge < -0.3 is 9.32 Å². The SMILES string of the molecule is c1ccc(-c2cccc3c2oc2cc(N(c4ccc(-c5ccc(-c6ccc7ccccc7c6)cc5)cc4)c4ccc(-c5cccc6ccccc56)cc4)ccc23)cc1. The van der Waals surface area contributed by atoms with Gasteiger partial charge in [0.2, 0.25) is 0 Å². The topological polar surface area (TPSA) is 16.4 Å². The molecule has 0 saturated carbocycles. The van der Waals surface area contributed by atoms with Crippen molar-refractivity contribution in [2.45, 2.75) is 0 Å². The number of hydrogen-bond acceptors (Lipinski definition) is 2. The van der Waals surface area contributed by atoms with Gasteiger partial charge in [-0.05, 0) is 103 Å². The Morgan fingerprint density at radius 3 is 1.55 bits per heavy atom. The first-order valence-corrected chi connectivity index (χ1v) is 19.8. The smallest absolute Gasteiger partial charge is 0.143 e. The standard InChI is InChI=1S/C56H37NO/c1-2-11-43(12-3-1)52-18-9-19-54-53-35-34-49(37-55(53)58-56(52)54)57(48-32-28-44(29-33-48)51-17-8-15-42-13-6-7-16-50(42)51)47-30-26-40(27-31-47)39-20-22-41(23-21-39)46-25-24-38-10-4-5-14-45(38)36-46/h1-37H. The third-order valence-electron chi connectivity index (χ3n) is 11.5. The first-order chi connectivity index (χ1) is 28.7. The minimum absolute atomic E-state index is 0.858. The summed E-state index contributed by atoms with van der Waals surface area (Å²) in [6.07, 6.45) is 0. The van der Waals surface area contributed by atoms with Crippen LogP contribution in [0.3, 0.4) is 0 Å². The van der Waals surface area contributed by atoms with E-state index >= 15 is 0 Å². The molecule has 11 rings (SSSR count). The van der Waals surface area contributed by atoms with Crippen LogP contribution in [0.25, 0.3) is 88.0 Å². The summed E-state index contributed by atoms with van der Waals surface area (Å²) in [4.78, 5) is 2.32. The first-order valence-electron chi connectivity index (χ1n) is 19.8. The first kappa shape index (κ1) is 33.6. The molecule has 0 N–H and O–H groups in total. The molecule has 0 saturated heterocycles. The second-order valence-corrected chi connectivity index (χ2v) is 14.9. The van der Waals surface area contributed by atoms with Gasteiger partial charge in [0.05, 0.1) is 0 Å². The molecule has 0 aliphatic carbocycles. The zero-order chi connectivity index (χ0) is 38.4. The van der Waals surface area contributed by atoms with Crippen LogP contribution in [0.4, 0.5) is 17.1 Å². The maximum atomic E-state index is 6.73. The second kappa shape index (κ2) is 14.1. The van der Waals surface area contributed by atoms with Gasteiger partial charge >= 0.3 is 0 Å². The largest absolute Gasteiger partial charge is 0.455 e. The van der Waals surface area contributed by atoms with Crippen molar-refractivity contribution in [1.82, 2.24) is 0 Å². The molecule has 2 nitrogen and oxygen atoms in total. The van der Waals surface area contributed by atoms with Crippen molar-refractivity contribution in [2.24, 2.45) is 0 Å². The maximum absolute atomic E-state index is 6.73. The quantitative estimate of drug-likeness (QED) is 0.162. The average molecular weight is 740 g/mol. The number of fused-ring (bicyclic) bond motifs is 5. The molecule has 1 aromatic heterocycles. The molecule has 10 aromatic carbocycles. The fourth-order valence-corrected chi connectivity index (χ4v) is 8.51. The summed E-state index contributed by atoms with van der Waals surface area (Å²) in [7, 11) is 0. The predicted octanol–water partition coefficient (Wildman–Crippen LogP) is 16.0. The molecule has 0 aliphatic heterocycles. The van der Waals surface area contributed by atoms with Crippen molar-refractivity contribution in [1.29, 1.82) is 0 Å². The highest BCUT2D eigenvalue weighted by Crippen LogP contribution is 2.42. The number of rotatable bonds is 7. The highest BCUT2D eigenvalue weighted by atomic mass is 16.3. The molecule has 0 radical (unpaired) electrons. The summed E-state index contributed by atoms with van der Waals surface area (Å²) in [6.45, 7) is 0. The van der Waals surface area contributed by atoms with Crippen molar-refractivity contribution in [2.75, 3.05) is 4.90 Å². The van der Waals surface area contributed by atoms with Crippen LogP contribution in [-0.4, -0.2) is 0 Å². The van der Waals surface area contributed by atoms with Crippen LogP contribution < -0.4 is 4.90 Å². The van der Waals surface area contributed by atoms with Crippen LogP contribution in [0, 0.1) is 0 Å². The Morgan fingerprint density at radius 1 is 0.276 bits per heavy atom. The molecule has 11 aromatic rings. The maximum Gasteiger partial charge on any atom is 0.143 e. The Bertz CT molecular complexity index is 3250. The lowest BCUT2D eigenvalue weighted by atomic mass is 9.97. The van der Waals surface area contributed by atoms with E-state index in [0.717, 1.165) is 50.1 Å². The number of nitrogens with zero attached hydrogens (tertiary/aromatic N) is 1. The second-order valence-electron chi connectivity index (χ2n) is 14.9. The molecule has 2 heteroatoms. The Kier molecular flexibility index (Phi) is 8.19. The Hall–Kier alpha value is -7.68. The molecule has 272 valence electrons. The molecule has 58 heavy (non-hydrogen) atoms. The van der Waals surface area contributed by atoms with Crippen molar-refractivity contribution in [3.63, 3.8) is 0 Å². The molecule has 0 aliphatic rings. The van der Waals surface area contributed by atoms with E-state index in [4.69, 9.17) is 4.42 Å². The molecule has 0 amide bonds. The van der Waals surface area contributed by atoms with Gasteiger partial charge in [-0.1, -0.05) is 176 Å². The molecule has 0 fully saturated rings. The summed E-state index contributed by atoms with van der Waals surface area (Å²) in [5.74, 6) is 0. The van der Waals surface area contributed by atoms with E-state index in [9.17, 15) is 0 Å². The normalized spacial score (nSPS) is 11.4. The van der Waals surface area contributed by atoms with Gasteiger partial charge in [0.15, 0.2) is 0 Å². The molecular weight excluding hydrogens is 703 g/mol. The van der Waals surface area contributed by atoms with Crippen molar-refractivity contribution in [3.8, 4) is 44.5 Å². The molecule has 0 spiro atoms. The van der Waals surface area contributed by atoms with Gasteiger partial charge in [-0.2, -0.15) is 0 Å². The van der Waals surface area contributed by atoms with Crippen LogP contribution in [0.5, 0.6) is 0 Å². The Balaban J connectivity index is 0.978. The van der Waals surface area contributed by atoms with Crippen molar-refractivity contribution >= 4 is 60.5 Å². The molecule has 0 atom stereocenters. The van der Waals surface area contributed by atoms with Gasteiger partial charge in [0.1, 0.15) is 11.2 Å². The molecule has 0 unspecified atom stereocenters. The van der Waals surface area contributed by atoms with E-state index in [1.165, 1.54) is 54.9 Å². The zero-order valence-electron chi connectivity index (χ0n) is 31.7. The fourth-order valence-electron chi connectivity index (χ4n) is 8.51. The molecule has 0 bridgehead atoms. The lowest BCUT2D eigenvalue weighted by Gasteiger charge is -2.26. The van der Waals surface area contributed by atoms with E-state index < -0.39 is 0 Å². The minimum atomic E-state index is 0.858. The highest BCUT2D eigenvalue weighted by Gasteiger charge is 2.18. The lowest BCUT2D eigenvalue weighted by molar-refractivity contribution is 0.670. The van der Waals surface area contributed by atoms with Crippen LogP contribution in [0.15, 0.2) is 229 Å².